The smallest absolute Gasteiger partial charge is 0.311 e. The SMILES string of the molecule is C[C@]12CCC[C@@]1(O)C(CCBr)C(=O)OC2. The van der Waals surface area contributed by atoms with E-state index >= 15 is 0 Å². The summed E-state index contributed by atoms with van der Waals surface area (Å²) in [5.41, 5.74) is -1.07. The number of halogens is 1. The molecule has 4 heteroatoms. The summed E-state index contributed by atoms with van der Waals surface area (Å²) in [7, 11) is 0. The highest BCUT2D eigenvalue weighted by molar-refractivity contribution is 9.09. The van der Waals surface area contributed by atoms with E-state index in [1.807, 2.05) is 6.92 Å². The molecular formula is C11H17BrO3. The molecule has 1 aliphatic carbocycles. The van der Waals surface area contributed by atoms with E-state index in [4.69, 9.17) is 4.74 Å². The number of cyclic esters (lactones) is 1. The molecule has 2 rings (SSSR count). The van der Waals surface area contributed by atoms with Gasteiger partial charge in [0, 0.05) is 10.7 Å². The minimum absolute atomic E-state index is 0.226. The fourth-order valence-corrected chi connectivity index (χ4v) is 3.51. The zero-order chi connectivity index (χ0) is 11.1. The first kappa shape index (κ1) is 11.4. The van der Waals surface area contributed by atoms with E-state index in [9.17, 15) is 9.90 Å². The van der Waals surface area contributed by atoms with Gasteiger partial charge in [0.2, 0.25) is 0 Å². The van der Waals surface area contributed by atoms with E-state index in [0.29, 0.717) is 13.0 Å². The highest BCUT2D eigenvalue weighted by Crippen LogP contribution is 2.54. The molecule has 2 fully saturated rings. The quantitative estimate of drug-likeness (QED) is 0.619. The maximum Gasteiger partial charge on any atom is 0.311 e. The van der Waals surface area contributed by atoms with Gasteiger partial charge in [-0.2, -0.15) is 0 Å². The Morgan fingerprint density at radius 3 is 3.00 bits per heavy atom. The van der Waals surface area contributed by atoms with Crippen molar-refractivity contribution in [2.75, 3.05) is 11.9 Å². The fraction of sp³-hybridized carbons (Fsp3) is 0.909. The molecule has 15 heavy (non-hydrogen) atoms. The van der Waals surface area contributed by atoms with Crippen molar-refractivity contribution in [3.8, 4) is 0 Å². The van der Waals surface area contributed by atoms with E-state index in [-0.39, 0.29) is 17.3 Å². The molecule has 0 spiro atoms. The van der Waals surface area contributed by atoms with Crippen molar-refractivity contribution >= 4 is 21.9 Å². The Morgan fingerprint density at radius 1 is 1.60 bits per heavy atom. The molecule has 1 saturated carbocycles. The van der Waals surface area contributed by atoms with Gasteiger partial charge in [-0.3, -0.25) is 4.79 Å². The third-order valence-corrected chi connectivity index (χ3v) is 4.58. The van der Waals surface area contributed by atoms with E-state index in [0.717, 1.165) is 24.6 Å². The topological polar surface area (TPSA) is 46.5 Å². The van der Waals surface area contributed by atoms with Crippen molar-refractivity contribution < 1.29 is 14.6 Å². The fourth-order valence-electron chi connectivity index (χ4n) is 3.05. The first-order valence-corrected chi connectivity index (χ1v) is 6.61. The van der Waals surface area contributed by atoms with E-state index in [1.165, 1.54) is 0 Å². The Morgan fingerprint density at radius 2 is 2.33 bits per heavy atom. The molecule has 0 aromatic heterocycles. The van der Waals surface area contributed by atoms with Crippen molar-refractivity contribution in [2.45, 2.75) is 38.2 Å². The van der Waals surface area contributed by atoms with Crippen LogP contribution in [-0.2, 0) is 9.53 Å². The van der Waals surface area contributed by atoms with Crippen LogP contribution in [0.5, 0.6) is 0 Å². The van der Waals surface area contributed by atoms with E-state index in [1.54, 1.807) is 0 Å². The van der Waals surface area contributed by atoms with Gasteiger partial charge in [-0.25, -0.2) is 0 Å². The number of hydrogen-bond donors (Lipinski definition) is 1. The van der Waals surface area contributed by atoms with Crippen LogP contribution in [0.15, 0.2) is 0 Å². The maximum absolute atomic E-state index is 11.7. The Hall–Kier alpha value is -0.0900. The molecule has 86 valence electrons. The Labute approximate surface area is 98.3 Å². The first-order valence-electron chi connectivity index (χ1n) is 5.48. The summed E-state index contributed by atoms with van der Waals surface area (Å²) in [6, 6.07) is 0. The molecule has 1 unspecified atom stereocenters. The lowest BCUT2D eigenvalue weighted by Crippen LogP contribution is -2.58. The average molecular weight is 277 g/mol. The van der Waals surface area contributed by atoms with Crippen LogP contribution in [0.2, 0.25) is 0 Å². The summed E-state index contributed by atoms with van der Waals surface area (Å²) in [6.07, 6.45) is 3.33. The van der Waals surface area contributed by atoms with Gasteiger partial charge in [-0.05, 0) is 25.7 Å². The Kier molecular flexibility index (Phi) is 2.84. The van der Waals surface area contributed by atoms with E-state index in [2.05, 4.69) is 15.9 Å². The molecule has 2 aliphatic rings. The number of rotatable bonds is 2. The predicted octanol–water partition coefficient (Wildman–Crippen LogP) is 1.87. The van der Waals surface area contributed by atoms with E-state index < -0.39 is 5.60 Å². The van der Waals surface area contributed by atoms with Crippen molar-refractivity contribution in [1.29, 1.82) is 0 Å². The zero-order valence-corrected chi connectivity index (χ0v) is 10.5. The number of esters is 1. The van der Waals surface area contributed by atoms with Crippen LogP contribution in [0, 0.1) is 11.3 Å². The van der Waals surface area contributed by atoms with Gasteiger partial charge in [0.05, 0.1) is 18.1 Å². The van der Waals surface area contributed by atoms with Gasteiger partial charge in [-0.15, -0.1) is 0 Å². The van der Waals surface area contributed by atoms with Gasteiger partial charge in [0.1, 0.15) is 0 Å². The summed E-state index contributed by atoms with van der Waals surface area (Å²) in [6.45, 7) is 2.41. The van der Waals surface area contributed by atoms with Crippen LogP contribution >= 0.6 is 15.9 Å². The van der Waals surface area contributed by atoms with Crippen LogP contribution in [0.3, 0.4) is 0 Å². The number of aliphatic hydroxyl groups is 1. The van der Waals surface area contributed by atoms with Crippen molar-refractivity contribution in [1.82, 2.24) is 0 Å². The third kappa shape index (κ3) is 1.53. The molecule has 1 heterocycles. The summed E-state index contributed by atoms with van der Waals surface area (Å²) in [5.74, 6) is -0.575. The van der Waals surface area contributed by atoms with Crippen LogP contribution in [0.1, 0.15) is 32.6 Å². The van der Waals surface area contributed by atoms with Gasteiger partial charge < -0.3 is 9.84 Å². The van der Waals surface area contributed by atoms with Crippen LogP contribution in [0.4, 0.5) is 0 Å². The summed E-state index contributed by atoms with van der Waals surface area (Å²) in [5, 5.41) is 11.4. The molecule has 1 saturated heterocycles. The number of hydrogen-bond acceptors (Lipinski definition) is 3. The van der Waals surface area contributed by atoms with Crippen LogP contribution < -0.4 is 0 Å². The van der Waals surface area contributed by atoms with Gasteiger partial charge in [0.25, 0.3) is 0 Å². The Bertz CT molecular complexity index is 281. The molecule has 0 amide bonds. The standard InChI is InChI=1S/C11H17BrO3/c1-10-4-2-5-11(10,14)8(3-6-12)9(13)15-7-10/h8,14H,2-7H2,1H3/t8?,10-,11-/m1/s1. The third-order valence-electron chi connectivity index (χ3n) is 4.12. The summed E-state index contributed by atoms with van der Waals surface area (Å²) < 4.78 is 5.21. The largest absolute Gasteiger partial charge is 0.465 e. The molecule has 3 atom stereocenters. The predicted molar refractivity (Wildman–Crippen MR) is 59.8 cm³/mol. The maximum atomic E-state index is 11.7. The monoisotopic (exact) mass is 276 g/mol. The number of carbonyl (C=O) groups excluding carboxylic acids is 1. The molecule has 1 aliphatic heterocycles. The van der Waals surface area contributed by atoms with Gasteiger partial charge in [0.15, 0.2) is 0 Å². The zero-order valence-electron chi connectivity index (χ0n) is 8.96. The lowest BCUT2D eigenvalue weighted by Gasteiger charge is -2.47. The molecule has 0 aromatic carbocycles. The van der Waals surface area contributed by atoms with Crippen LogP contribution in [-0.4, -0.2) is 28.6 Å². The van der Waals surface area contributed by atoms with Gasteiger partial charge in [-0.1, -0.05) is 22.9 Å². The molecule has 0 radical (unpaired) electrons. The van der Waals surface area contributed by atoms with Gasteiger partial charge >= 0.3 is 5.97 Å². The minimum atomic E-state index is -0.837. The van der Waals surface area contributed by atoms with Crippen molar-refractivity contribution in [2.24, 2.45) is 11.3 Å². The summed E-state index contributed by atoms with van der Waals surface area (Å²) in [4.78, 5) is 11.7. The molecule has 1 N–H and O–H groups in total. The first-order chi connectivity index (χ1) is 7.03. The molecule has 0 bridgehead atoms. The molecular weight excluding hydrogens is 260 g/mol. The summed E-state index contributed by atoms with van der Waals surface area (Å²) >= 11 is 3.33. The number of fused-ring (bicyclic) bond motifs is 1. The number of carbonyl (C=O) groups is 1. The normalized spacial score (nSPS) is 45.0. The lowest BCUT2D eigenvalue weighted by molar-refractivity contribution is -0.200. The second-order valence-corrected chi connectivity index (χ2v) is 5.77. The number of ether oxygens (including phenoxy) is 1. The van der Waals surface area contributed by atoms with Crippen molar-refractivity contribution in [3.63, 3.8) is 0 Å². The highest BCUT2D eigenvalue weighted by atomic mass is 79.9. The van der Waals surface area contributed by atoms with Crippen molar-refractivity contribution in [3.05, 3.63) is 0 Å². The second-order valence-electron chi connectivity index (χ2n) is 4.98. The molecule has 3 nitrogen and oxygen atoms in total. The molecule has 0 aromatic rings. The Balaban J connectivity index is 2.30. The van der Waals surface area contributed by atoms with Crippen LogP contribution in [0.25, 0.3) is 0 Å². The highest BCUT2D eigenvalue weighted by Gasteiger charge is 2.60. The average Bonchev–Trinajstić information content (AvgIpc) is 2.50. The lowest BCUT2D eigenvalue weighted by atomic mass is 9.67. The number of alkyl halides is 1. The second kappa shape index (κ2) is 3.74. The minimum Gasteiger partial charge on any atom is -0.465 e.